The summed E-state index contributed by atoms with van der Waals surface area (Å²) in [6.07, 6.45) is 16.8. The number of hydrogen-bond donors (Lipinski definition) is 0. The van der Waals surface area contributed by atoms with E-state index in [2.05, 4.69) is 14.0 Å². The molecule has 2 aliphatic carbocycles. The van der Waals surface area contributed by atoms with E-state index in [1.807, 2.05) is 0 Å². The van der Waals surface area contributed by atoms with Crippen molar-refractivity contribution in [3.63, 3.8) is 0 Å². The van der Waals surface area contributed by atoms with Crippen LogP contribution in [0.2, 0.25) is 42.8 Å². The summed E-state index contributed by atoms with van der Waals surface area (Å²) in [4.78, 5) is 11.6. The topological polar surface area (TPSA) is 9.23 Å². The van der Waals surface area contributed by atoms with E-state index in [4.69, 9.17) is 4.74 Å². The van der Waals surface area contributed by atoms with Crippen molar-refractivity contribution in [2.45, 2.75) is 135 Å². The van der Waals surface area contributed by atoms with Gasteiger partial charge in [-0.1, -0.05) is 0 Å². The summed E-state index contributed by atoms with van der Waals surface area (Å²) in [5, 5.41) is 0. The van der Waals surface area contributed by atoms with Gasteiger partial charge in [-0.25, -0.2) is 0 Å². The number of ether oxygens (including phenoxy) is 1. The van der Waals surface area contributed by atoms with Crippen molar-refractivity contribution in [1.82, 2.24) is 0 Å². The minimum absolute atomic E-state index is 0.319. The van der Waals surface area contributed by atoms with Crippen LogP contribution in [0.5, 0.6) is 0 Å². The van der Waals surface area contributed by atoms with Gasteiger partial charge in [0.15, 0.2) is 0 Å². The van der Waals surface area contributed by atoms with E-state index in [1.165, 1.54) is 49.8 Å². The third-order valence-electron chi connectivity index (χ3n) is 20.2. The van der Waals surface area contributed by atoms with Crippen molar-refractivity contribution < 1.29 is 11.2 Å². The minimum atomic E-state index is -3.32. The molecule has 1 spiro atoms. The first kappa shape index (κ1) is 14.1. The predicted octanol–water partition coefficient (Wildman–Crippen LogP) is 7.84. The Morgan fingerprint density at radius 2 is 1.25 bits per heavy atom. The zero-order chi connectivity index (χ0) is 18.0. The van der Waals surface area contributed by atoms with Gasteiger partial charge in [0, 0.05) is 0 Å². The number of methoxy groups -OCH3 is 1. The van der Waals surface area contributed by atoms with Gasteiger partial charge in [0.25, 0.3) is 0 Å². The summed E-state index contributed by atoms with van der Waals surface area (Å²) >= 11 is 0. The zero-order valence-corrected chi connectivity index (χ0v) is 19.6. The second-order valence-corrected chi connectivity index (χ2v) is 42.3. The molecule has 0 aromatic rings. The van der Waals surface area contributed by atoms with Gasteiger partial charge in [-0.05, 0) is 0 Å². The fourth-order valence-corrected chi connectivity index (χ4v) is 117. The fourth-order valence-electron chi connectivity index (χ4n) is 22.2. The molecule has 10 saturated heterocycles. The third kappa shape index (κ3) is 0.255. The molecule has 156 valence electrons. The Balaban J connectivity index is 1.19. The van der Waals surface area contributed by atoms with E-state index in [9.17, 15) is 0 Å². The molecule has 28 heavy (non-hydrogen) atoms. The maximum atomic E-state index is 6.47. The standard InChI is InChI=1S/C20H32OP.C5H5.Fe/c1-16(21-2)19-14-9-15-20(19)22(17-10-5-3-6-11-17)18-12-7-4-8-13-18;1-2-4-5-3-1;/h9,14-18H,3-8,10-13H2,1-2H3;1-5H;. The van der Waals surface area contributed by atoms with Crippen LogP contribution in [0.25, 0.3) is 0 Å². The molecule has 0 N–H and O–H groups in total. The maximum absolute atomic E-state index is 6.47. The molecule has 2 saturated carbocycles. The van der Waals surface area contributed by atoms with Gasteiger partial charge < -0.3 is 0 Å². The van der Waals surface area contributed by atoms with Crippen molar-refractivity contribution in [3.8, 4) is 0 Å². The first-order valence-electron chi connectivity index (χ1n) is 13.0. The van der Waals surface area contributed by atoms with E-state index < -0.39 is 6.51 Å². The van der Waals surface area contributed by atoms with Gasteiger partial charge in [0.05, 0.1) is 0 Å². The quantitative estimate of drug-likeness (QED) is 0.313. The molecule has 1 nitrogen and oxygen atoms in total. The molecule has 10 aliphatic heterocycles. The van der Waals surface area contributed by atoms with E-state index in [0.29, 0.717) is 14.0 Å². The van der Waals surface area contributed by atoms with Gasteiger partial charge >= 0.3 is 162 Å². The van der Waals surface area contributed by atoms with E-state index >= 15 is 0 Å². The van der Waals surface area contributed by atoms with Crippen LogP contribution in [-0.2, 0) is 11.2 Å². The molecule has 0 bridgehead atoms. The molecule has 12 rings (SSSR count). The van der Waals surface area contributed by atoms with E-state index in [0.717, 1.165) is 8.37 Å². The van der Waals surface area contributed by atoms with Gasteiger partial charge in [0.2, 0.25) is 0 Å². The monoisotopic (exact) mass is 440 g/mol. The van der Waals surface area contributed by atoms with Crippen LogP contribution >= 0.6 is 7.92 Å². The third-order valence-corrected chi connectivity index (χ3v) is 71.5. The molecular weight excluding hydrogens is 403 g/mol. The van der Waals surface area contributed by atoms with Crippen molar-refractivity contribution in [1.29, 1.82) is 0 Å². The molecule has 3 heteroatoms. The number of hydrogen-bond acceptors (Lipinski definition) is 1. The second-order valence-electron chi connectivity index (χ2n) is 15.6. The summed E-state index contributed by atoms with van der Waals surface area (Å²) in [6.45, 7) is -0.697. The van der Waals surface area contributed by atoms with Crippen LogP contribution in [0, 0.1) is 0 Å². The van der Waals surface area contributed by atoms with Gasteiger partial charge in [-0.3, -0.25) is 0 Å². The Bertz CT molecular complexity index is 1220. The summed E-state index contributed by atoms with van der Waals surface area (Å²) in [6, 6.07) is 0. The number of rotatable bonds is 5. The molecule has 0 aromatic carbocycles. The Morgan fingerprint density at radius 1 is 0.750 bits per heavy atom. The summed E-state index contributed by atoms with van der Waals surface area (Å²) in [7, 11) is 2.44. The molecule has 6 atom stereocenters. The molecular formula is C25H37FeOP. The molecule has 0 radical (unpaired) electrons. The van der Waals surface area contributed by atoms with Gasteiger partial charge in [-0.2, -0.15) is 0 Å². The Hall–Kier alpha value is 0.909. The normalized spacial score (nSPS) is 89.1. The van der Waals surface area contributed by atoms with Crippen molar-refractivity contribution in [2.24, 2.45) is 0 Å². The summed E-state index contributed by atoms with van der Waals surface area (Å²) in [5.74, 6) is 0. The van der Waals surface area contributed by atoms with Gasteiger partial charge in [-0.15, -0.1) is 0 Å². The molecule has 10 heterocycles. The van der Waals surface area contributed by atoms with Crippen LogP contribution in [0.15, 0.2) is 0 Å². The van der Waals surface area contributed by atoms with Gasteiger partial charge in [0.1, 0.15) is 0 Å². The van der Waals surface area contributed by atoms with Crippen LogP contribution in [0.3, 0.4) is 0 Å². The Morgan fingerprint density at radius 3 is 1.64 bits per heavy atom. The van der Waals surface area contributed by atoms with Crippen LogP contribution in [-0.4, -0.2) is 28.6 Å². The first-order chi connectivity index (χ1) is 13.5. The molecule has 6 unspecified atom stereocenters. The Kier molecular flexibility index (Phi) is 0.927. The van der Waals surface area contributed by atoms with Crippen molar-refractivity contribution in [3.05, 3.63) is 0 Å². The van der Waals surface area contributed by atoms with E-state index in [1.54, 1.807) is 64.2 Å². The first-order valence-corrected chi connectivity index (χ1v) is 20.7. The summed E-state index contributed by atoms with van der Waals surface area (Å²) < 4.78 is 8.49. The van der Waals surface area contributed by atoms with Crippen LogP contribution < -0.4 is 0 Å². The molecule has 0 amide bonds. The Labute approximate surface area is 161 Å². The van der Waals surface area contributed by atoms with Crippen molar-refractivity contribution in [2.75, 3.05) is 7.11 Å². The van der Waals surface area contributed by atoms with E-state index in [-0.39, 0.29) is 0 Å². The van der Waals surface area contributed by atoms with Crippen LogP contribution in [0.1, 0.15) is 71.1 Å². The zero-order valence-electron chi connectivity index (χ0n) is 17.6. The summed E-state index contributed by atoms with van der Waals surface area (Å²) in [5.41, 5.74) is 2.43. The average Bonchev–Trinajstić information content (AvgIpc) is 3.69. The fraction of sp³-hybridized carbons (Fsp3) is 1.00. The number of fused-ring (bicyclic) bond motifs is 10. The molecule has 12 aliphatic rings. The molecule has 12 fully saturated rings. The van der Waals surface area contributed by atoms with Crippen LogP contribution in [0.4, 0.5) is 0 Å². The SMILES string of the molecule is COC(C)[C]12[CH]3[CH]4[CH]5[C]1(P(C1CCCCC1)C1CCCCC1)[Fe]43521678[CH]2[CH]1[CH]6[CH]7[CH]28. The van der Waals surface area contributed by atoms with Crippen molar-refractivity contribution >= 4 is 7.92 Å². The average molecular weight is 440 g/mol. The predicted molar refractivity (Wildman–Crippen MR) is 113 cm³/mol. The second kappa shape index (κ2) is 1.84. The molecule has 0 aromatic heterocycles.